The number of halogens is 1. The second-order valence-corrected chi connectivity index (χ2v) is 11.5. The van der Waals surface area contributed by atoms with Crippen LogP contribution in [0.5, 0.6) is 0 Å². The van der Waals surface area contributed by atoms with E-state index in [2.05, 4.69) is 72.4 Å². The maximum Gasteiger partial charge on any atom is 0.241 e. The molecule has 1 aromatic heterocycles. The molecule has 2 aromatic carbocycles. The molecule has 0 aliphatic carbocycles. The van der Waals surface area contributed by atoms with E-state index in [0.29, 0.717) is 24.8 Å². The second kappa shape index (κ2) is 12.3. The Labute approximate surface area is 227 Å². The highest BCUT2D eigenvalue weighted by atomic mass is 79.9. The molecule has 0 radical (unpaired) electrons. The molecule has 2 aliphatic heterocycles. The Balaban J connectivity index is 1.03. The summed E-state index contributed by atoms with van der Waals surface area (Å²) >= 11 is 3.44. The number of nitrogens with zero attached hydrogens (tertiary/aromatic N) is 4. The zero-order chi connectivity index (χ0) is 25.6. The number of benzene rings is 2. The summed E-state index contributed by atoms with van der Waals surface area (Å²) < 4.78 is 6.49. The standard InChI is InChI=1S/C29H36BrN5O2/c1-21-3-2-14-35(18-21)19-23-6-4-22(5-7-23)17-31-29(36)25-12-15-34(16-13-25)20-27-32-28(33-37-27)24-8-10-26(30)11-9-24/h4-11,21,25H,2-3,12-20H2,1H3,(H,31,36). The van der Waals surface area contributed by atoms with Gasteiger partial charge in [-0.3, -0.25) is 14.6 Å². The van der Waals surface area contributed by atoms with Crippen LogP contribution in [0.15, 0.2) is 57.5 Å². The number of carbonyl (C=O) groups is 1. The van der Waals surface area contributed by atoms with Gasteiger partial charge < -0.3 is 9.84 Å². The molecule has 1 atom stereocenters. The smallest absolute Gasteiger partial charge is 0.241 e. The maximum atomic E-state index is 12.8. The summed E-state index contributed by atoms with van der Waals surface area (Å²) in [5.74, 6) is 2.22. The number of amides is 1. The highest BCUT2D eigenvalue weighted by Crippen LogP contribution is 2.22. The van der Waals surface area contributed by atoms with Crippen LogP contribution in [0.25, 0.3) is 11.4 Å². The summed E-state index contributed by atoms with van der Waals surface area (Å²) in [6.07, 6.45) is 4.33. The van der Waals surface area contributed by atoms with Gasteiger partial charge in [-0.05, 0) is 86.6 Å². The Morgan fingerprint density at radius 1 is 0.973 bits per heavy atom. The van der Waals surface area contributed by atoms with Crippen LogP contribution in [0.1, 0.15) is 49.6 Å². The molecule has 1 amide bonds. The third-order valence-corrected chi connectivity index (χ3v) is 8.05. The first-order valence-electron chi connectivity index (χ1n) is 13.4. The molecule has 8 heteroatoms. The van der Waals surface area contributed by atoms with Crippen molar-refractivity contribution < 1.29 is 9.32 Å². The van der Waals surface area contributed by atoms with Gasteiger partial charge in [0.25, 0.3) is 0 Å². The number of likely N-dealkylation sites (tertiary alicyclic amines) is 2. The predicted octanol–water partition coefficient (Wildman–Crippen LogP) is 5.26. The van der Waals surface area contributed by atoms with Crippen molar-refractivity contribution in [1.29, 1.82) is 0 Å². The Hall–Kier alpha value is -2.55. The van der Waals surface area contributed by atoms with Gasteiger partial charge in [-0.15, -0.1) is 0 Å². The summed E-state index contributed by atoms with van der Waals surface area (Å²) in [4.78, 5) is 22.2. The Kier molecular flexibility index (Phi) is 8.69. The average Bonchev–Trinajstić information content (AvgIpc) is 3.37. The number of aromatic nitrogens is 2. The number of piperidine rings is 2. The molecule has 3 aromatic rings. The van der Waals surface area contributed by atoms with Crippen molar-refractivity contribution in [3.8, 4) is 11.4 Å². The zero-order valence-electron chi connectivity index (χ0n) is 21.5. The lowest BCUT2D eigenvalue weighted by Crippen LogP contribution is -2.40. The van der Waals surface area contributed by atoms with Gasteiger partial charge in [-0.2, -0.15) is 4.98 Å². The molecule has 2 aliphatic rings. The van der Waals surface area contributed by atoms with E-state index in [0.717, 1.165) is 54.0 Å². The molecule has 1 N–H and O–H groups in total. The Morgan fingerprint density at radius 2 is 1.70 bits per heavy atom. The molecular weight excluding hydrogens is 530 g/mol. The first-order chi connectivity index (χ1) is 18.0. The van der Waals surface area contributed by atoms with E-state index >= 15 is 0 Å². The minimum absolute atomic E-state index is 0.0534. The van der Waals surface area contributed by atoms with Crippen LogP contribution in [0.3, 0.4) is 0 Å². The highest BCUT2D eigenvalue weighted by molar-refractivity contribution is 9.10. The van der Waals surface area contributed by atoms with Crippen molar-refractivity contribution in [2.45, 2.75) is 52.2 Å². The summed E-state index contributed by atoms with van der Waals surface area (Å²) in [7, 11) is 0. The van der Waals surface area contributed by atoms with E-state index in [1.807, 2.05) is 24.3 Å². The van der Waals surface area contributed by atoms with Gasteiger partial charge in [-0.25, -0.2) is 0 Å². The second-order valence-electron chi connectivity index (χ2n) is 10.6. The number of carbonyl (C=O) groups excluding carboxylic acids is 1. The van der Waals surface area contributed by atoms with Crippen LogP contribution >= 0.6 is 15.9 Å². The van der Waals surface area contributed by atoms with Crippen LogP contribution in [0, 0.1) is 11.8 Å². The van der Waals surface area contributed by atoms with E-state index in [9.17, 15) is 4.79 Å². The van der Waals surface area contributed by atoms with Gasteiger partial charge in [0.05, 0.1) is 6.54 Å². The molecule has 7 nitrogen and oxygen atoms in total. The minimum Gasteiger partial charge on any atom is -0.352 e. The molecule has 37 heavy (non-hydrogen) atoms. The van der Waals surface area contributed by atoms with E-state index in [-0.39, 0.29) is 11.8 Å². The summed E-state index contributed by atoms with van der Waals surface area (Å²) in [5, 5.41) is 7.27. The van der Waals surface area contributed by atoms with Gasteiger partial charge in [0, 0.05) is 35.6 Å². The molecule has 0 spiro atoms. The lowest BCUT2D eigenvalue weighted by Gasteiger charge is -2.30. The molecule has 196 valence electrons. The van der Waals surface area contributed by atoms with Crippen LogP contribution in [-0.4, -0.2) is 52.0 Å². The minimum atomic E-state index is 0.0534. The van der Waals surface area contributed by atoms with E-state index in [1.54, 1.807) is 0 Å². The van der Waals surface area contributed by atoms with Crippen molar-refractivity contribution in [2.75, 3.05) is 26.2 Å². The normalized spacial score (nSPS) is 19.7. The Morgan fingerprint density at radius 3 is 2.43 bits per heavy atom. The SMILES string of the molecule is CC1CCCN(Cc2ccc(CNC(=O)C3CCN(Cc4nc(-c5ccc(Br)cc5)no4)CC3)cc2)C1. The van der Waals surface area contributed by atoms with Gasteiger partial charge >= 0.3 is 0 Å². The number of nitrogens with one attached hydrogen (secondary N) is 1. The Bertz CT molecular complexity index is 1160. The fourth-order valence-corrected chi connectivity index (χ4v) is 5.63. The highest BCUT2D eigenvalue weighted by Gasteiger charge is 2.26. The number of hydrogen-bond acceptors (Lipinski definition) is 6. The van der Waals surface area contributed by atoms with Crippen LogP contribution in [0.2, 0.25) is 0 Å². The van der Waals surface area contributed by atoms with Crippen LogP contribution in [0.4, 0.5) is 0 Å². The molecule has 5 rings (SSSR count). The molecule has 2 saturated heterocycles. The third kappa shape index (κ3) is 7.27. The molecular formula is C29H36BrN5O2. The topological polar surface area (TPSA) is 74.5 Å². The van der Waals surface area contributed by atoms with Gasteiger partial charge in [-0.1, -0.05) is 52.3 Å². The lowest BCUT2D eigenvalue weighted by molar-refractivity contribution is -0.126. The van der Waals surface area contributed by atoms with Gasteiger partial charge in [0.1, 0.15) is 0 Å². The number of rotatable bonds is 8. The molecule has 0 bridgehead atoms. The summed E-state index contributed by atoms with van der Waals surface area (Å²) in [6.45, 7) is 8.64. The van der Waals surface area contributed by atoms with E-state index < -0.39 is 0 Å². The van der Waals surface area contributed by atoms with Crippen molar-refractivity contribution in [3.63, 3.8) is 0 Å². The molecule has 0 saturated carbocycles. The van der Waals surface area contributed by atoms with Crippen molar-refractivity contribution in [1.82, 2.24) is 25.3 Å². The van der Waals surface area contributed by atoms with Crippen molar-refractivity contribution in [3.05, 3.63) is 70.0 Å². The van der Waals surface area contributed by atoms with E-state index in [4.69, 9.17) is 4.52 Å². The van der Waals surface area contributed by atoms with Gasteiger partial charge in [0.15, 0.2) is 0 Å². The average molecular weight is 567 g/mol. The lowest BCUT2D eigenvalue weighted by atomic mass is 9.96. The number of hydrogen-bond donors (Lipinski definition) is 1. The maximum absolute atomic E-state index is 12.8. The molecule has 1 unspecified atom stereocenters. The third-order valence-electron chi connectivity index (χ3n) is 7.52. The summed E-state index contributed by atoms with van der Waals surface area (Å²) in [5.41, 5.74) is 3.43. The van der Waals surface area contributed by atoms with Crippen molar-refractivity contribution in [2.24, 2.45) is 11.8 Å². The largest absolute Gasteiger partial charge is 0.352 e. The van der Waals surface area contributed by atoms with E-state index in [1.165, 1.54) is 31.5 Å². The van der Waals surface area contributed by atoms with Crippen LogP contribution in [-0.2, 0) is 24.4 Å². The summed E-state index contributed by atoms with van der Waals surface area (Å²) in [6, 6.07) is 16.6. The monoisotopic (exact) mass is 565 g/mol. The quantitative estimate of drug-likeness (QED) is 0.401. The first-order valence-corrected chi connectivity index (χ1v) is 14.2. The van der Waals surface area contributed by atoms with Crippen molar-refractivity contribution >= 4 is 21.8 Å². The zero-order valence-corrected chi connectivity index (χ0v) is 23.1. The predicted molar refractivity (Wildman–Crippen MR) is 147 cm³/mol. The molecule has 3 heterocycles. The fourth-order valence-electron chi connectivity index (χ4n) is 5.36. The fraction of sp³-hybridized carbons (Fsp3) is 0.483. The van der Waals surface area contributed by atoms with Gasteiger partial charge in [0.2, 0.25) is 17.6 Å². The first kappa shape index (κ1) is 26.1. The van der Waals surface area contributed by atoms with Crippen LogP contribution < -0.4 is 5.32 Å². The molecule has 2 fully saturated rings.